The maximum atomic E-state index is 12.9. The first-order valence-electron chi connectivity index (χ1n) is 5.69. The summed E-state index contributed by atoms with van der Waals surface area (Å²) in [5.74, 6) is -0.738. The average Bonchev–Trinajstić information content (AvgIpc) is 2.20. The monoisotopic (exact) mass is 273 g/mol. The van der Waals surface area contributed by atoms with Gasteiger partial charge < -0.3 is 10.1 Å². The SMILES string of the molecule is CC(C)(C)OC(=O)CCNc1ccc(F)c(Cl)c1. The molecule has 18 heavy (non-hydrogen) atoms. The van der Waals surface area contributed by atoms with Gasteiger partial charge in [0.1, 0.15) is 11.4 Å². The Balaban J connectivity index is 2.38. The van der Waals surface area contributed by atoms with Crippen LogP contribution in [0.5, 0.6) is 0 Å². The molecule has 0 saturated carbocycles. The van der Waals surface area contributed by atoms with Crippen LogP contribution in [0.2, 0.25) is 5.02 Å². The van der Waals surface area contributed by atoms with Gasteiger partial charge in [-0.05, 0) is 39.0 Å². The minimum Gasteiger partial charge on any atom is -0.460 e. The van der Waals surface area contributed by atoms with Crippen molar-refractivity contribution in [3.05, 3.63) is 29.0 Å². The van der Waals surface area contributed by atoms with Crippen LogP contribution in [0.25, 0.3) is 0 Å². The Morgan fingerprint density at radius 3 is 2.67 bits per heavy atom. The van der Waals surface area contributed by atoms with Gasteiger partial charge in [0.15, 0.2) is 0 Å². The molecule has 0 aromatic heterocycles. The van der Waals surface area contributed by atoms with Gasteiger partial charge in [0.25, 0.3) is 0 Å². The number of hydrogen-bond acceptors (Lipinski definition) is 3. The van der Waals surface area contributed by atoms with Crippen LogP contribution < -0.4 is 5.32 Å². The molecule has 0 atom stereocenters. The summed E-state index contributed by atoms with van der Waals surface area (Å²) in [4.78, 5) is 11.4. The van der Waals surface area contributed by atoms with Crippen LogP contribution in [0.4, 0.5) is 10.1 Å². The van der Waals surface area contributed by atoms with E-state index in [9.17, 15) is 9.18 Å². The Labute approximate surface area is 111 Å². The van der Waals surface area contributed by atoms with Gasteiger partial charge in [-0.25, -0.2) is 4.39 Å². The van der Waals surface area contributed by atoms with Crippen molar-refractivity contribution in [2.75, 3.05) is 11.9 Å². The zero-order valence-corrected chi connectivity index (χ0v) is 11.5. The lowest BCUT2D eigenvalue weighted by Crippen LogP contribution is -2.25. The summed E-state index contributed by atoms with van der Waals surface area (Å²) in [7, 11) is 0. The number of hydrogen-bond donors (Lipinski definition) is 1. The van der Waals surface area contributed by atoms with Crippen LogP contribution in [0.3, 0.4) is 0 Å². The molecule has 0 aliphatic heterocycles. The van der Waals surface area contributed by atoms with E-state index in [2.05, 4.69) is 5.32 Å². The summed E-state index contributed by atoms with van der Waals surface area (Å²) in [6.45, 7) is 5.87. The summed E-state index contributed by atoms with van der Waals surface area (Å²) in [5.41, 5.74) is 0.195. The smallest absolute Gasteiger partial charge is 0.308 e. The predicted octanol–water partition coefficient (Wildman–Crippen LogP) is 3.62. The Morgan fingerprint density at radius 2 is 2.11 bits per heavy atom. The second-order valence-electron chi connectivity index (χ2n) is 4.89. The number of esters is 1. The quantitative estimate of drug-likeness (QED) is 0.852. The van der Waals surface area contributed by atoms with Gasteiger partial charge in [0.05, 0.1) is 11.4 Å². The molecule has 1 rings (SSSR count). The molecule has 0 fully saturated rings. The molecule has 0 bridgehead atoms. The molecule has 5 heteroatoms. The third-order valence-electron chi connectivity index (χ3n) is 2.00. The number of ether oxygens (including phenoxy) is 1. The molecule has 0 aliphatic carbocycles. The van der Waals surface area contributed by atoms with Crippen molar-refractivity contribution in [2.45, 2.75) is 32.8 Å². The van der Waals surface area contributed by atoms with E-state index in [1.165, 1.54) is 12.1 Å². The lowest BCUT2D eigenvalue weighted by molar-refractivity contribution is -0.154. The van der Waals surface area contributed by atoms with Crippen LogP contribution in [-0.4, -0.2) is 18.1 Å². The maximum Gasteiger partial charge on any atom is 0.308 e. The third-order valence-corrected chi connectivity index (χ3v) is 2.29. The van der Waals surface area contributed by atoms with E-state index in [0.717, 1.165) is 0 Å². The van der Waals surface area contributed by atoms with Gasteiger partial charge in [0, 0.05) is 12.2 Å². The fourth-order valence-corrected chi connectivity index (χ4v) is 1.49. The van der Waals surface area contributed by atoms with E-state index < -0.39 is 11.4 Å². The third kappa shape index (κ3) is 5.36. The highest BCUT2D eigenvalue weighted by Gasteiger charge is 2.15. The van der Waals surface area contributed by atoms with E-state index in [1.807, 2.05) is 20.8 Å². The lowest BCUT2D eigenvalue weighted by Gasteiger charge is -2.19. The van der Waals surface area contributed by atoms with Crippen molar-refractivity contribution < 1.29 is 13.9 Å². The first kappa shape index (κ1) is 14.8. The molecule has 100 valence electrons. The van der Waals surface area contributed by atoms with Crippen molar-refractivity contribution in [1.29, 1.82) is 0 Å². The molecular formula is C13H17ClFNO2. The second-order valence-corrected chi connectivity index (χ2v) is 5.30. The van der Waals surface area contributed by atoms with Gasteiger partial charge in [-0.1, -0.05) is 11.6 Å². The highest BCUT2D eigenvalue weighted by molar-refractivity contribution is 6.31. The van der Waals surface area contributed by atoms with Crippen LogP contribution >= 0.6 is 11.6 Å². The van der Waals surface area contributed by atoms with Crippen LogP contribution in [-0.2, 0) is 9.53 Å². The number of benzene rings is 1. The van der Waals surface area contributed by atoms with E-state index in [4.69, 9.17) is 16.3 Å². The number of halogens is 2. The predicted molar refractivity (Wildman–Crippen MR) is 70.4 cm³/mol. The molecule has 0 aliphatic rings. The number of carbonyl (C=O) groups is 1. The largest absolute Gasteiger partial charge is 0.460 e. The summed E-state index contributed by atoms with van der Waals surface area (Å²) < 4.78 is 18.1. The topological polar surface area (TPSA) is 38.3 Å². The van der Waals surface area contributed by atoms with Crippen molar-refractivity contribution in [3.63, 3.8) is 0 Å². The van der Waals surface area contributed by atoms with Gasteiger partial charge in [-0.3, -0.25) is 4.79 Å². The van der Waals surface area contributed by atoms with Gasteiger partial charge in [-0.15, -0.1) is 0 Å². The minimum atomic E-state index is -0.476. The van der Waals surface area contributed by atoms with Crippen molar-refractivity contribution in [2.24, 2.45) is 0 Å². The van der Waals surface area contributed by atoms with E-state index in [0.29, 0.717) is 12.2 Å². The van der Waals surface area contributed by atoms with Crippen molar-refractivity contribution in [3.8, 4) is 0 Å². The molecule has 3 nitrogen and oxygen atoms in total. The second kappa shape index (κ2) is 6.05. The van der Waals surface area contributed by atoms with E-state index >= 15 is 0 Å². The zero-order chi connectivity index (χ0) is 13.8. The molecule has 0 saturated heterocycles. The van der Waals surface area contributed by atoms with Gasteiger partial charge in [-0.2, -0.15) is 0 Å². The molecule has 0 radical (unpaired) electrons. The van der Waals surface area contributed by atoms with Crippen LogP contribution in [0.15, 0.2) is 18.2 Å². The van der Waals surface area contributed by atoms with Crippen LogP contribution in [0, 0.1) is 5.82 Å². The maximum absolute atomic E-state index is 12.9. The number of carbonyl (C=O) groups excluding carboxylic acids is 1. The molecule has 1 N–H and O–H groups in total. The highest BCUT2D eigenvalue weighted by Crippen LogP contribution is 2.19. The molecule has 0 spiro atoms. The first-order valence-corrected chi connectivity index (χ1v) is 6.06. The fourth-order valence-electron chi connectivity index (χ4n) is 1.31. The van der Waals surface area contributed by atoms with E-state index in [-0.39, 0.29) is 17.4 Å². The molecule has 0 heterocycles. The fraction of sp³-hybridized carbons (Fsp3) is 0.462. The number of nitrogens with one attached hydrogen (secondary N) is 1. The molecular weight excluding hydrogens is 257 g/mol. The standard InChI is InChI=1S/C13H17ClFNO2/c1-13(2,3)18-12(17)6-7-16-9-4-5-11(15)10(14)8-9/h4-5,8,16H,6-7H2,1-3H3. The average molecular weight is 274 g/mol. The summed E-state index contributed by atoms with van der Waals surface area (Å²) in [6, 6.07) is 4.32. The number of anilines is 1. The van der Waals surface area contributed by atoms with E-state index in [1.54, 1.807) is 6.07 Å². The highest BCUT2D eigenvalue weighted by atomic mass is 35.5. The van der Waals surface area contributed by atoms with Gasteiger partial charge >= 0.3 is 5.97 Å². The molecule has 1 aromatic carbocycles. The van der Waals surface area contributed by atoms with Gasteiger partial charge in [0.2, 0.25) is 0 Å². The molecule has 0 unspecified atom stereocenters. The zero-order valence-electron chi connectivity index (χ0n) is 10.7. The molecule has 0 amide bonds. The Kier molecular flexibility index (Phi) is 4.96. The van der Waals surface area contributed by atoms with Crippen molar-refractivity contribution >= 4 is 23.3 Å². The Morgan fingerprint density at radius 1 is 1.44 bits per heavy atom. The lowest BCUT2D eigenvalue weighted by atomic mass is 10.2. The minimum absolute atomic E-state index is 0.0530. The van der Waals surface area contributed by atoms with Crippen molar-refractivity contribution in [1.82, 2.24) is 0 Å². The number of rotatable bonds is 4. The summed E-state index contributed by atoms with van der Waals surface area (Å²) in [6.07, 6.45) is 0.242. The molecule has 1 aromatic rings. The first-order chi connectivity index (χ1) is 8.28. The van der Waals surface area contributed by atoms with Crippen LogP contribution in [0.1, 0.15) is 27.2 Å². The summed E-state index contributed by atoms with van der Waals surface area (Å²) in [5, 5.41) is 3.03. The normalized spacial score (nSPS) is 11.2. The Hall–Kier alpha value is -1.29. The Bertz CT molecular complexity index is 429. The summed E-state index contributed by atoms with van der Waals surface area (Å²) >= 11 is 5.64.